The summed E-state index contributed by atoms with van der Waals surface area (Å²) in [7, 11) is 0. The van der Waals surface area contributed by atoms with Gasteiger partial charge in [0.2, 0.25) is 11.5 Å². The Morgan fingerprint density at radius 1 is 0.909 bits per heavy atom. The maximum Gasteiger partial charge on any atom is 0.389 e. The van der Waals surface area contributed by atoms with Crippen LogP contribution in [0, 0.1) is 0 Å². The average molecular weight is 336 g/mol. The maximum absolute atomic E-state index is 11.9. The quantitative estimate of drug-likeness (QED) is 0.547. The molecule has 1 atom stereocenters. The number of carbonyl (C=O) groups excluding carboxylic acids is 1. The number of aliphatic hydroxyl groups excluding tert-OH is 1. The minimum Gasteiger partial charge on any atom is -0.491 e. The lowest BCUT2D eigenvalue weighted by Gasteiger charge is -2.27. The Bertz CT molecular complexity index is 426. The van der Waals surface area contributed by atoms with Crippen molar-refractivity contribution in [3.05, 3.63) is 11.5 Å². The summed E-state index contributed by atoms with van der Waals surface area (Å²) in [4.78, 5) is 11.2. The summed E-state index contributed by atoms with van der Waals surface area (Å²) in [5.74, 6) is -1.63. The fourth-order valence-electron chi connectivity index (χ4n) is 1.60. The Balaban J connectivity index is 2.38. The molecule has 128 valence electrons. The van der Waals surface area contributed by atoms with Crippen molar-refractivity contribution in [3.8, 4) is 0 Å². The highest BCUT2D eigenvalue weighted by molar-refractivity contribution is 6.06. The van der Waals surface area contributed by atoms with Gasteiger partial charge in [0.05, 0.1) is 13.2 Å². The van der Waals surface area contributed by atoms with Gasteiger partial charge in [-0.05, 0) is 12.8 Å². The SMILES string of the molecule is O=C1C(OCCCC(F)(F)F)=C(OCCCC(F)(F)F)C1O. The lowest BCUT2D eigenvalue weighted by molar-refractivity contribution is -0.142. The van der Waals surface area contributed by atoms with Gasteiger partial charge in [-0.3, -0.25) is 4.79 Å². The molecule has 1 N–H and O–H groups in total. The van der Waals surface area contributed by atoms with Gasteiger partial charge in [0, 0.05) is 12.8 Å². The van der Waals surface area contributed by atoms with Crippen LogP contribution in [-0.2, 0) is 14.3 Å². The molecule has 4 nitrogen and oxygen atoms in total. The Hall–Kier alpha value is -1.45. The highest BCUT2D eigenvalue weighted by Crippen LogP contribution is 2.29. The first kappa shape index (κ1) is 18.6. The molecule has 1 unspecified atom stereocenters. The Morgan fingerprint density at radius 2 is 1.36 bits per heavy atom. The second kappa shape index (κ2) is 7.21. The molecule has 22 heavy (non-hydrogen) atoms. The van der Waals surface area contributed by atoms with Crippen molar-refractivity contribution in [2.75, 3.05) is 13.2 Å². The number of carbonyl (C=O) groups is 1. The van der Waals surface area contributed by atoms with E-state index < -0.39 is 62.5 Å². The van der Waals surface area contributed by atoms with E-state index in [1.807, 2.05) is 0 Å². The van der Waals surface area contributed by atoms with E-state index in [-0.39, 0.29) is 12.2 Å². The van der Waals surface area contributed by atoms with E-state index in [9.17, 15) is 36.2 Å². The molecule has 1 aliphatic rings. The Labute approximate surface area is 121 Å². The molecule has 0 amide bonds. The van der Waals surface area contributed by atoms with Crippen LogP contribution in [-0.4, -0.2) is 42.6 Å². The molecule has 0 aromatic rings. The molecule has 0 saturated carbocycles. The van der Waals surface area contributed by atoms with Crippen molar-refractivity contribution in [2.24, 2.45) is 0 Å². The topological polar surface area (TPSA) is 55.8 Å². The molecule has 0 radical (unpaired) electrons. The second-order valence-corrected chi connectivity index (χ2v) is 4.59. The number of rotatable bonds is 8. The minimum absolute atomic E-state index is 0.334. The number of hydrogen-bond acceptors (Lipinski definition) is 4. The van der Waals surface area contributed by atoms with Gasteiger partial charge >= 0.3 is 12.4 Å². The predicted molar refractivity (Wildman–Crippen MR) is 60.5 cm³/mol. The third kappa shape index (κ3) is 6.12. The smallest absolute Gasteiger partial charge is 0.389 e. The highest BCUT2D eigenvalue weighted by atomic mass is 19.4. The number of ether oxygens (including phenoxy) is 2. The van der Waals surface area contributed by atoms with Crippen LogP contribution >= 0.6 is 0 Å². The summed E-state index contributed by atoms with van der Waals surface area (Å²) in [5, 5.41) is 9.28. The number of halogens is 6. The molecule has 0 bridgehead atoms. The molecule has 0 aliphatic heterocycles. The third-order valence-corrected chi connectivity index (χ3v) is 2.66. The monoisotopic (exact) mass is 336 g/mol. The molecule has 0 fully saturated rings. The first-order chi connectivity index (χ1) is 10.0. The van der Waals surface area contributed by atoms with E-state index in [2.05, 4.69) is 0 Å². The molecule has 1 aliphatic carbocycles. The lowest BCUT2D eigenvalue weighted by Crippen LogP contribution is -2.39. The van der Waals surface area contributed by atoms with E-state index in [4.69, 9.17) is 9.47 Å². The van der Waals surface area contributed by atoms with Crippen molar-refractivity contribution < 1.29 is 45.7 Å². The molecule has 0 aromatic carbocycles. The zero-order valence-corrected chi connectivity index (χ0v) is 11.3. The van der Waals surface area contributed by atoms with Gasteiger partial charge in [-0.1, -0.05) is 0 Å². The summed E-state index contributed by atoms with van der Waals surface area (Å²) in [5.41, 5.74) is 0. The third-order valence-electron chi connectivity index (χ3n) is 2.66. The predicted octanol–water partition coefficient (Wildman–Crippen LogP) is 2.86. The summed E-state index contributed by atoms with van der Waals surface area (Å²) in [6, 6.07) is 0. The zero-order valence-electron chi connectivity index (χ0n) is 11.3. The van der Waals surface area contributed by atoms with Crippen molar-refractivity contribution in [1.29, 1.82) is 0 Å². The minimum atomic E-state index is -4.35. The van der Waals surface area contributed by atoms with Crippen LogP contribution in [0.5, 0.6) is 0 Å². The van der Waals surface area contributed by atoms with Crippen molar-refractivity contribution >= 4 is 5.78 Å². The molecule has 0 saturated heterocycles. The van der Waals surface area contributed by atoms with Gasteiger partial charge in [-0.2, -0.15) is 26.3 Å². The summed E-state index contributed by atoms with van der Waals surface area (Å²) < 4.78 is 81.0. The summed E-state index contributed by atoms with van der Waals surface area (Å²) in [6.07, 6.45) is -13.3. The fourth-order valence-corrected chi connectivity index (χ4v) is 1.60. The number of alkyl halides is 6. The molecular weight excluding hydrogens is 322 g/mol. The van der Waals surface area contributed by atoms with E-state index in [1.165, 1.54) is 0 Å². The van der Waals surface area contributed by atoms with Crippen LogP contribution in [0.4, 0.5) is 26.3 Å². The second-order valence-electron chi connectivity index (χ2n) is 4.59. The zero-order chi connectivity index (χ0) is 17.0. The van der Waals surface area contributed by atoms with Gasteiger partial charge in [0.15, 0.2) is 11.9 Å². The largest absolute Gasteiger partial charge is 0.491 e. The molecule has 1 rings (SSSR count). The fraction of sp³-hybridized carbons (Fsp3) is 0.750. The van der Waals surface area contributed by atoms with E-state index in [0.717, 1.165) is 0 Å². The van der Waals surface area contributed by atoms with Crippen LogP contribution in [0.2, 0.25) is 0 Å². The van der Waals surface area contributed by atoms with Gasteiger partial charge in [-0.25, -0.2) is 0 Å². The number of ketones is 1. The van der Waals surface area contributed by atoms with Crippen molar-refractivity contribution in [1.82, 2.24) is 0 Å². The first-order valence-electron chi connectivity index (χ1n) is 6.37. The van der Waals surface area contributed by atoms with E-state index in [1.54, 1.807) is 0 Å². The van der Waals surface area contributed by atoms with Crippen LogP contribution in [0.3, 0.4) is 0 Å². The van der Waals surface area contributed by atoms with Crippen molar-refractivity contribution in [2.45, 2.75) is 44.1 Å². The van der Waals surface area contributed by atoms with Gasteiger partial charge in [-0.15, -0.1) is 0 Å². The van der Waals surface area contributed by atoms with Crippen LogP contribution < -0.4 is 0 Å². The molecule has 10 heteroatoms. The van der Waals surface area contributed by atoms with Crippen LogP contribution in [0.15, 0.2) is 11.5 Å². The number of Topliss-reactive ketones (excluding diaryl/α,β-unsaturated/α-hetero) is 1. The first-order valence-corrected chi connectivity index (χ1v) is 6.37. The van der Waals surface area contributed by atoms with Gasteiger partial charge < -0.3 is 14.6 Å². The summed E-state index contributed by atoms with van der Waals surface area (Å²) >= 11 is 0. The number of aliphatic hydroxyl groups is 1. The lowest BCUT2D eigenvalue weighted by atomic mass is 9.99. The average Bonchev–Trinajstić information content (AvgIpc) is 2.37. The molecular formula is C12H14F6O4. The molecule has 0 spiro atoms. The molecule has 0 heterocycles. The standard InChI is InChI=1S/C12H14F6O4/c13-11(14,15)3-1-5-21-9-7(19)8(20)10(9)22-6-2-4-12(16,17)18/h7,19H,1-6H2. The van der Waals surface area contributed by atoms with E-state index in [0.29, 0.717) is 0 Å². The Kier molecular flexibility index (Phi) is 6.09. The highest BCUT2D eigenvalue weighted by Gasteiger charge is 2.42. The maximum atomic E-state index is 11.9. The van der Waals surface area contributed by atoms with Gasteiger partial charge in [0.1, 0.15) is 0 Å². The van der Waals surface area contributed by atoms with Crippen LogP contribution in [0.25, 0.3) is 0 Å². The normalized spacial score (nSPS) is 19.2. The molecule has 0 aromatic heterocycles. The van der Waals surface area contributed by atoms with Gasteiger partial charge in [0.25, 0.3) is 0 Å². The van der Waals surface area contributed by atoms with Crippen molar-refractivity contribution in [3.63, 3.8) is 0 Å². The summed E-state index contributed by atoms with van der Waals surface area (Å²) in [6.45, 7) is -0.808. The Morgan fingerprint density at radius 3 is 1.82 bits per heavy atom. The van der Waals surface area contributed by atoms with E-state index >= 15 is 0 Å². The van der Waals surface area contributed by atoms with Crippen LogP contribution in [0.1, 0.15) is 25.7 Å². The number of hydrogen-bond donors (Lipinski definition) is 1.